The highest BCUT2D eigenvalue weighted by Gasteiger charge is 2.39. The van der Waals surface area contributed by atoms with Gasteiger partial charge in [0.1, 0.15) is 6.04 Å². The molecule has 1 aromatic rings. The second-order valence-electron chi connectivity index (χ2n) is 4.85. The largest absolute Gasteiger partial charge is 0.480 e. The van der Waals surface area contributed by atoms with Gasteiger partial charge in [0.05, 0.1) is 12.1 Å². The van der Waals surface area contributed by atoms with E-state index in [1.54, 1.807) is 25.4 Å². The van der Waals surface area contributed by atoms with Crippen LogP contribution in [0.3, 0.4) is 0 Å². The molecule has 7 nitrogen and oxygen atoms in total. The molecule has 2 unspecified atom stereocenters. The van der Waals surface area contributed by atoms with Crippen molar-refractivity contribution in [3.05, 3.63) is 30.1 Å². The number of nitrogens with zero attached hydrogens (tertiary/aromatic N) is 2. The Bertz CT molecular complexity index is 494. The second-order valence-corrected chi connectivity index (χ2v) is 4.85. The van der Waals surface area contributed by atoms with Crippen molar-refractivity contribution in [3.63, 3.8) is 0 Å². The van der Waals surface area contributed by atoms with Crippen LogP contribution in [-0.4, -0.2) is 50.8 Å². The Morgan fingerprint density at radius 2 is 2.30 bits per heavy atom. The van der Waals surface area contributed by atoms with Crippen LogP contribution in [-0.2, 0) is 4.79 Å². The molecule has 1 aliphatic heterocycles. The van der Waals surface area contributed by atoms with Crippen molar-refractivity contribution >= 4 is 12.0 Å². The maximum absolute atomic E-state index is 12.1. The van der Waals surface area contributed by atoms with E-state index in [9.17, 15) is 14.7 Å². The molecule has 20 heavy (non-hydrogen) atoms. The summed E-state index contributed by atoms with van der Waals surface area (Å²) in [4.78, 5) is 28.3. The van der Waals surface area contributed by atoms with Crippen molar-refractivity contribution in [1.29, 1.82) is 0 Å². The highest BCUT2D eigenvalue weighted by molar-refractivity contribution is 5.83. The maximum atomic E-state index is 12.1. The number of carbonyl (C=O) groups excluding carboxylic acids is 1. The van der Waals surface area contributed by atoms with Gasteiger partial charge in [-0.25, -0.2) is 9.59 Å². The number of pyridine rings is 1. The van der Waals surface area contributed by atoms with Gasteiger partial charge in [-0.15, -0.1) is 0 Å². The molecule has 0 saturated carbocycles. The number of hydrogen-bond acceptors (Lipinski definition) is 4. The number of carboxylic acids is 1. The number of rotatable bonds is 3. The number of aliphatic hydroxyl groups excluding tert-OH is 1. The molecule has 2 rings (SSSR count). The van der Waals surface area contributed by atoms with E-state index < -0.39 is 24.1 Å². The van der Waals surface area contributed by atoms with Crippen molar-refractivity contribution in [2.24, 2.45) is 0 Å². The lowest BCUT2D eigenvalue weighted by atomic mass is 10.1. The summed E-state index contributed by atoms with van der Waals surface area (Å²) in [5.74, 6) is -1.11. The topological polar surface area (TPSA) is 103 Å². The van der Waals surface area contributed by atoms with Crippen LogP contribution in [0.1, 0.15) is 24.9 Å². The summed E-state index contributed by atoms with van der Waals surface area (Å²) < 4.78 is 0. The van der Waals surface area contributed by atoms with Gasteiger partial charge in [0.15, 0.2) is 0 Å². The molecule has 0 aliphatic carbocycles. The van der Waals surface area contributed by atoms with Crippen LogP contribution in [0, 0.1) is 0 Å². The van der Waals surface area contributed by atoms with Gasteiger partial charge in [-0.2, -0.15) is 0 Å². The van der Waals surface area contributed by atoms with E-state index in [1.807, 2.05) is 6.07 Å². The summed E-state index contributed by atoms with van der Waals surface area (Å²) >= 11 is 0. The van der Waals surface area contributed by atoms with E-state index in [1.165, 1.54) is 0 Å². The van der Waals surface area contributed by atoms with Crippen molar-refractivity contribution < 1.29 is 19.8 Å². The molecule has 1 saturated heterocycles. The fourth-order valence-electron chi connectivity index (χ4n) is 2.26. The lowest BCUT2D eigenvalue weighted by molar-refractivity contribution is -0.141. The zero-order chi connectivity index (χ0) is 14.7. The Morgan fingerprint density at radius 1 is 1.55 bits per heavy atom. The van der Waals surface area contributed by atoms with Crippen LogP contribution in [0.4, 0.5) is 4.79 Å². The molecular formula is C13H17N3O4. The van der Waals surface area contributed by atoms with Crippen LogP contribution in [0.5, 0.6) is 0 Å². The van der Waals surface area contributed by atoms with Crippen molar-refractivity contribution in [2.45, 2.75) is 31.5 Å². The van der Waals surface area contributed by atoms with Gasteiger partial charge in [-0.3, -0.25) is 4.98 Å². The smallest absolute Gasteiger partial charge is 0.326 e. The second kappa shape index (κ2) is 5.87. The van der Waals surface area contributed by atoms with Gasteiger partial charge in [0, 0.05) is 25.4 Å². The van der Waals surface area contributed by atoms with Gasteiger partial charge in [-0.1, -0.05) is 6.07 Å². The first kappa shape index (κ1) is 14.3. The number of carbonyl (C=O) groups is 2. The minimum absolute atomic E-state index is 0.0303. The Labute approximate surface area is 116 Å². The molecule has 1 aliphatic rings. The van der Waals surface area contributed by atoms with Gasteiger partial charge in [0.25, 0.3) is 0 Å². The summed E-state index contributed by atoms with van der Waals surface area (Å²) in [6.07, 6.45) is 2.54. The van der Waals surface area contributed by atoms with Gasteiger partial charge >= 0.3 is 12.0 Å². The van der Waals surface area contributed by atoms with E-state index in [0.717, 1.165) is 10.5 Å². The molecule has 0 bridgehead atoms. The monoisotopic (exact) mass is 279 g/mol. The third-order valence-corrected chi connectivity index (χ3v) is 3.35. The molecule has 2 amide bonds. The molecule has 0 radical (unpaired) electrons. The number of aromatic nitrogens is 1. The molecule has 0 aromatic carbocycles. The van der Waals surface area contributed by atoms with Crippen molar-refractivity contribution in [1.82, 2.24) is 15.2 Å². The number of amides is 2. The van der Waals surface area contributed by atoms with E-state index in [4.69, 9.17) is 5.11 Å². The van der Waals surface area contributed by atoms with Crippen LogP contribution in [0.2, 0.25) is 0 Å². The summed E-state index contributed by atoms with van der Waals surface area (Å²) in [5.41, 5.74) is 0.826. The number of aliphatic carboxylic acids is 1. The third-order valence-electron chi connectivity index (χ3n) is 3.35. The lowest BCUT2D eigenvalue weighted by Crippen LogP contribution is -2.46. The standard InChI is InChI=1S/C13H17N3O4/c1-8(9-3-2-4-14-6-9)15-13(20)16-7-10(17)5-11(16)12(18)19/h2-4,6,8,10-11,17H,5,7H2,1H3,(H,15,20)(H,18,19)/t8?,10?,11-/m0/s1. The number of β-amino-alcohol motifs (C(OH)–C–C–N with tert-alkyl or cyclic N) is 1. The summed E-state index contributed by atoms with van der Waals surface area (Å²) in [7, 11) is 0. The number of nitrogens with one attached hydrogen (secondary N) is 1. The summed E-state index contributed by atoms with van der Waals surface area (Å²) in [5, 5.41) is 21.3. The van der Waals surface area contributed by atoms with Crippen LogP contribution < -0.4 is 5.32 Å². The number of urea groups is 1. The van der Waals surface area contributed by atoms with Crippen molar-refractivity contribution in [3.8, 4) is 0 Å². The molecule has 7 heteroatoms. The Morgan fingerprint density at radius 3 is 2.90 bits per heavy atom. The fraction of sp³-hybridized carbons (Fsp3) is 0.462. The highest BCUT2D eigenvalue weighted by atomic mass is 16.4. The van der Waals surface area contributed by atoms with Gasteiger partial charge < -0.3 is 20.4 Å². The molecule has 2 heterocycles. The molecule has 108 valence electrons. The Balaban J connectivity index is 2.02. The number of carboxylic acid groups (broad SMARTS) is 1. The number of hydrogen-bond donors (Lipinski definition) is 3. The fourth-order valence-corrected chi connectivity index (χ4v) is 2.26. The first-order chi connectivity index (χ1) is 9.49. The zero-order valence-corrected chi connectivity index (χ0v) is 11.1. The predicted octanol–water partition coefficient (Wildman–Crippen LogP) is 0.372. The molecule has 3 N–H and O–H groups in total. The van der Waals surface area contributed by atoms with E-state index in [0.29, 0.717) is 0 Å². The molecule has 0 spiro atoms. The van der Waals surface area contributed by atoms with E-state index in [-0.39, 0.29) is 19.0 Å². The summed E-state index contributed by atoms with van der Waals surface area (Å²) in [6, 6.07) is 1.82. The van der Waals surface area contributed by atoms with Crippen molar-refractivity contribution in [2.75, 3.05) is 6.54 Å². The average molecular weight is 279 g/mol. The van der Waals surface area contributed by atoms with Crippen LogP contribution in [0.15, 0.2) is 24.5 Å². The number of likely N-dealkylation sites (tertiary alicyclic amines) is 1. The highest BCUT2D eigenvalue weighted by Crippen LogP contribution is 2.19. The predicted molar refractivity (Wildman–Crippen MR) is 69.9 cm³/mol. The van der Waals surface area contributed by atoms with Gasteiger partial charge in [0.2, 0.25) is 0 Å². The van der Waals surface area contributed by atoms with Gasteiger partial charge in [-0.05, 0) is 18.6 Å². The minimum Gasteiger partial charge on any atom is -0.480 e. The Kier molecular flexibility index (Phi) is 4.19. The first-order valence-electron chi connectivity index (χ1n) is 6.37. The Hall–Kier alpha value is -2.15. The lowest BCUT2D eigenvalue weighted by Gasteiger charge is -2.24. The van der Waals surface area contributed by atoms with E-state index in [2.05, 4.69) is 10.3 Å². The maximum Gasteiger partial charge on any atom is 0.326 e. The minimum atomic E-state index is -1.11. The first-order valence-corrected chi connectivity index (χ1v) is 6.37. The third kappa shape index (κ3) is 3.05. The molecular weight excluding hydrogens is 262 g/mol. The van der Waals surface area contributed by atoms with Crippen LogP contribution in [0.25, 0.3) is 0 Å². The molecule has 3 atom stereocenters. The average Bonchev–Trinajstić information content (AvgIpc) is 2.82. The quantitative estimate of drug-likeness (QED) is 0.742. The van der Waals surface area contributed by atoms with Crippen LogP contribution >= 0.6 is 0 Å². The van der Waals surface area contributed by atoms with E-state index >= 15 is 0 Å². The molecule has 1 aromatic heterocycles. The SMILES string of the molecule is CC(NC(=O)N1CC(O)C[C@H]1C(=O)O)c1cccnc1. The number of aliphatic hydroxyl groups is 1. The summed E-state index contributed by atoms with van der Waals surface area (Å²) in [6.45, 7) is 1.82. The zero-order valence-electron chi connectivity index (χ0n) is 11.1. The normalized spacial score (nSPS) is 23.4. The molecule has 1 fully saturated rings.